The molecule has 1 N–H and O–H groups in total. The maximum absolute atomic E-state index is 13.6. The van der Waals surface area contributed by atoms with Crippen molar-refractivity contribution >= 4 is 28.8 Å². The zero-order valence-electron chi connectivity index (χ0n) is 10.2. The molecule has 0 aliphatic rings. The van der Waals surface area contributed by atoms with Crippen LogP contribution in [0.2, 0.25) is 0 Å². The van der Waals surface area contributed by atoms with E-state index in [1.807, 2.05) is 0 Å². The minimum Gasteiger partial charge on any atom is -0.388 e. The average molecular weight is 317 g/mol. The van der Waals surface area contributed by atoms with Crippen LogP contribution in [0, 0.1) is 21.7 Å². The fourth-order valence-corrected chi connectivity index (χ4v) is 3.74. The molecule has 2 aromatic rings. The van der Waals surface area contributed by atoms with Crippen LogP contribution in [0.5, 0.6) is 0 Å². The predicted molar refractivity (Wildman–Crippen MR) is 72.1 cm³/mol. The van der Waals surface area contributed by atoms with E-state index in [9.17, 15) is 24.0 Å². The van der Waals surface area contributed by atoms with Crippen molar-refractivity contribution in [3.63, 3.8) is 0 Å². The first-order chi connectivity index (χ1) is 9.38. The molecule has 0 aliphatic carbocycles. The van der Waals surface area contributed by atoms with Crippen molar-refractivity contribution in [2.24, 2.45) is 0 Å². The van der Waals surface area contributed by atoms with Gasteiger partial charge in [-0.15, -0.1) is 11.3 Å². The van der Waals surface area contributed by atoms with Crippen LogP contribution >= 0.6 is 23.1 Å². The molecule has 8 heteroatoms. The summed E-state index contributed by atoms with van der Waals surface area (Å²) in [4.78, 5) is 10.7. The molecular formula is C12H9F2NO3S2. The maximum atomic E-state index is 13.6. The number of thiophene rings is 1. The number of aliphatic hydroxyl groups is 1. The number of hydrogen-bond acceptors (Lipinski definition) is 5. The molecule has 4 nitrogen and oxygen atoms in total. The van der Waals surface area contributed by atoms with Gasteiger partial charge in [0.1, 0.15) is 15.8 Å². The summed E-state index contributed by atoms with van der Waals surface area (Å²) in [5.74, 6) is -1.28. The van der Waals surface area contributed by atoms with E-state index in [1.54, 1.807) is 0 Å². The van der Waals surface area contributed by atoms with E-state index in [4.69, 9.17) is 0 Å². The van der Waals surface area contributed by atoms with E-state index in [0.717, 1.165) is 41.3 Å². The van der Waals surface area contributed by atoms with Gasteiger partial charge in [0.15, 0.2) is 0 Å². The highest BCUT2D eigenvalue weighted by Gasteiger charge is 2.23. The number of nitrogens with zero attached hydrogens (tertiary/aromatic N) is 1. The Labute approximate surface area is 121 Å². The molecule has 0 aliphatic heterocycles. The fourth-order valence-electron chi connectivity index (χ4n) is 1.44. The van der Waals surface area contributed by atoms with Gasteiger partial charge in [-0.3, -0.25) is 10.1 Å². The van der Waals surface area contributed by atoms with Crippen LogP contribution in [-0.4, -0.2) is 10.0 Å². The topological polar surface area (TPSA) is 63.4 Å². The molecule has 0 amide bonds. The SMILES string of the molecule is C[C@@H](O)c1cc([N+](=O)[O-])c(Sc2cc(F)ccc2F)s1. The lowest BCUT2D eigenvalue weighted by atomic mass is 10.3. The number of nitro groups is 1. The van der Waals surface area contributed by atoms with Crippen molar-refractivity contribution in [3.8, 4) is 0 Å². The minimum absolute atomic E-state index is 0.0351. The molecule has 106 valence electrons. The average Bonchev–Trinajstić information content (AvgIpc) is 2.78. The van der Waals surface area contributed by atoms with E-state index in [0.29, 0.717) is 4.88 Å². The van der Waals surface area contributed by atoms with Gasteiger partial charge in [-0.25, -0.2) is 8.78 Å². The molecule has 20 heavy (non-hydrogen) atoms. The van der Waals surface area contributed by atoms with Gasteiger partial charge < -0.3 is 5.11 Å². The second kappa shape index (κ2) is 5.86. The van der Waals surface area contributed by atoms with Crippen molar-refractivity contribution in [2.45, 2.75) is 22.1 Å². The Morgan fingerprint density at radius 1 is 1.40 bits per heavy atom. The zero-order valence-corrected chi connectivity index (χ0v) is 11.8. The zero-order chi connectivity index (χ0) is 14.9. The smallest absolute Gasteiger partial charge is 0.294 e. The van der Waals surface area contributed by atoms with Gasteiger partial charge in [-0.2, -0.15) is 0 Å². The summed E-state index contributed by atoms with van der Waals surface area (Å²) in [6.45, 7) is 1.48. The molecule has 1 aromatic carbocycles. The number of rotatable bonds is 4. The van der Waals surface area contributed by atoms with E-state index in [1.165, 1.54) is 13.0 Å². The Kier molecular flexibility index (Phi) is 4.36. The van der Waals surface area contributed by atoms with Crippen LogP contribution in [-0.2, 0) is 0 Å². The third-order valence-corrected chi connectivity index (χ3v) is 4.92. The summed E-state index contributed by atoms with van der Waals surface area (Å²) < 4.78 is 26.8. The highest BCUT2D eigenvalue weighted by Crippen LogP contribution is 2.43. The summed E-state index contributed by atoms with van der Waals surface area (Å²) in [5, 5.41) is 20.4. The monoisotopic (exact) mass is 317 g/mol. The van der Waals surface area contributed by atoms with Gasteiger partial charge in [0.2, 0.25) is 0 Å². The van der Waals surface area contributed by atoms with Crippen molar-refractivity contribution in [2.75, 3.05) is 0 Å². The molecule has 0 fully saturated rings. The molecule has 0 saturated heterocycles. The first kappa shape index (κ1) is 14.9. The van der Waals surface area contributed by atoms with E-state index in [-0.39, 0.29) is 14.8 Å². The van der Waals surface area contributed by atoms with Crippen LogP contribution in [0.3, 0.4) is 0 Å². The Hall–Kier alpha value is -1.51. The van der Waals surface area contributed by atoms with Gasteiger partial charge in [-0.05, 0) is 25.1 Å². The van der Waals surface area contributed by atoms with E-state index >= 15 is 0 Å². The van der Waals surface area contributed by atoms with Crippen LogP contribution in [0.4, 0.5) is 14.5 Å². The normalized spacial score (nSPS) is 12.4. The van der Waals surface area contributed by atoms with Gasteiger partial charge in [0.05, 0.1) is 15.9 Å². The number of hydrogen-bond donors (Lipinski definition) is 1. The molecule has 1 heterocycles. The highest BCUT2D eigenvalue weighted by molar-refractivity contribution is 8.01. The van der Waals surface area contributed by atoms with Gasteiger partial charge in [0.25, 0.3) is 5.69 Å². The first-order valence-corrected chi connectivity index (χ1v) is 7.11. The lowest BCUT2D eigenvalue weighted by molar-refractivity contribution is -0.387. The fraction of sp³-hybridized carbons (Fsp3) is 0.167. The molecule has 1 atom stereocenters. The summed E-state index contributed by atoms with van der Waals surface area (Å²) in [7, 11) is 0. The van der Waals surface area contributed by atoms with E-state index < -0.39 is 22.7 Å². The first-order valence-electron chi connectivity index (χ1n) is 5.47. The quantitative estimate of drug-likeness (QED) is 0.680. The van der Waals surface area contributed by atoms with Crippen molar-refractivity contribution < 1.29 is 18.8 Å². The molecule has 0 unspecified atom stereocenters. The lowest BCUT2D eigenvalue weighted by Crippen LogP contribution is -1.88. The Bertz CT molecular complexity index is 658. The predicted octanol–water partition coefficient (Wildman–Crippen LogP) is 4.14. The van der Waals surface area contributed by atoms with Crippen LogP contribution in [0.1, 0.15) is 17.9 Å². The lowest BCUT2D eigenvalue weighted by Gasteiger charge is -2.01. The van der Waals surface area contributed by atoms with E-state index in [2.05, 4.69) is 0 Å². The van der Waals surface area contributed by atoms with Crippen molar-refractivity contribution in [1.82, 2.24) is 0 Å². The van der Waals surface area contributed by atoms with Crippen LogP contribution in [0.15, 0.2) is 33.4 Å². The number of halogens is 2. The Morgan fingerprint density at radius 3 is 2.70 bits per heavy atom. The summed E-state index contributed by atoms with van der Waals surface area (Å²) in [6.07, 6.45) is -0.856. The van der Waals surface area contributed by atoms with Crippen molar-refractivity contribution in [3.05, 3.63) is 50.9 Å². The van der Waals surface area contributed by atoms with Crippen LogP contribution < -0.4 is 0 Å². The summed E-state index contributed by atoms with van der Waals surface area (Å²) in [6, 6.07) is 4.16. The van der Waals surface area contributed by atoms with Gasteiger partial charge >= 0.3 is 0 Å². The largest absolute Gasteiger partial charge is 0.388 e. The molecule has 2 rings (SSSR count). The Balaban J connectivity index is 2.42. The number of aliphatic hydroxyl groups excluding tert-OH is 1. The molecule has 0 spiro atoms. The van der Waals surface area contributed by atoms with Crippen LogP contribution in [0.25, 0.3) is 0 Å². The third-order valence-electron chi connectivity index (χ3n) is 2.40. The third kappa shape index (κ3) is 3.14. The summed E-state index contributed by atoms with van der Waals surface area (Å²) in [5.41, 5.74) is -0.223. The van der Waals surface area contributed by atoms with Crippen molar-refractivity contribution in [1.29, 1.82) is 0 Å². The Morgan fingerprint density at radius 2 is 2.10 bits per heavy atom. The van der Waals surface area contributed by atoms with Gasteiger partial charge in [-0.1, -0.05) is 11.8 Å². The molecule has 0 bridgehead atoms. The number of benzene rings is 1. The molecular weight excluding hydrogens is 308 g/mol. The maximum Gasteiger partial charge on any atom is 0.294 e. The summed E-state index contributed by atoms with van der Waals surface area (Å²) >= 11 is 1.76. The minimum atomic E-state index is -0.856. The standard InChI is InChI=1S/C12H9F2NO3S2/c1-6(16)10-5-9(15(17)18)12(19-10)20-11-4-7(13)2-3-8(11)14/h2-6,16H,1H3/t6-/m1/s1. The highest BCUT2D eigenvalue weighted by atomic mass is 32.2. The van der Waals surface area contributed by atoms with Gasteiger partial charge in [0, 0.05) is 10.9 Å². The molecule has 0 radical (unpaired) electrons. The second-order valence-electron chi connectivity index (χ2n) is 3.93. The second-order valence-corrected chi connectivity index (χ2v) is 6.33. The molecule has 0 saturated carbocycles. The molecule has 1 aromatic heterocycles.